The van der Waals surface area contributed by atoms with E-state index in [1.807, 2.05) is 13.0 Å². The Labute approximate surface area is 88.0 Å². The summed E-state index contributed by atoms with van der Waals surface area (Å²) in [4.78, 5) is 0. The highest BCUT2D eigenvalue weighted by atomic mass is 16.5. The van der Waals surface area contributed by atoms with Crippen LogP contribution in [0.5, 0.6) is 0 Å². The van der Waals surface area contributed by atoms with Crippen LogP contribution < -0.4 is 5.32 Å². The topological polar surface area (TPSA) is 21.3 Å². The Hall–Kier alpha value is -0.600. The molecule has 0 aliphatic heterocycles. The van der Waals surface area contributed by atoms with E-state index in [1.165, 1.54) is 0 Å². The van der Waals surface area contributed by atoms with Crippen molar-refractivity contribution in [2.45, 2.75) is 32.7 Å². The zero-order chi connectivity index (χ0) is 10.8. The Bertz CT molecular complexity index is 166. The predicted molar refractivity (Wildman–Crippen MR) is 62.5 cm³/mol. The molecule has 0 aromatic rings. The van der Waals surface area contributed by atoms with Gasteiger partial charge >= 0.3 is 0 Å². The standard InChI is InChI=1S/C12H23NO/c1-5-6-7-12(4)13-8-9-14-10-11(2)3/h5,12-13H,1-2,6-10H2,3-4H3. The number of hydrogen-bond acceptors (Lipinski definition) is 2. The molecule has 1 atom stereocenters. The van der Waals surface area contributed by atoms with Gasteiger partial charge in [-0.1, -0.05) is 18.2 Å². The van der Waals surface area contributed by atoms with E-state index in [9.17, 15) is 0 Å². The summed E-state index contributed by atoms with van der Waals surface area (Å²) in [5, 5.41) is 3.39. The molecule has 2 nitrogen and oxygen atoms in total. The zero-order valence-electron chi connectivity index (χ0n) is 9.51. The first-order valence-corrected chi connectivity index (χ1v) is 5.23. The Morgan fingerprint density at radius 1 is 1.57 bits per heavy atom. The minimum absolute atomic E-state index is 0.543. The fraction of sp³-hybridized carbons (Fsp3) is 0.667. The maximum Gasteiger partial charge on any atom is 0.0672 e. The van der Waals surface area contributed by atoms with Crippen molar-refractivity contribution in [2.24, 2.45) is 0 Å². The molecule has 1 N–H and O–H groups in total. The molecule has 0 aromatic heterocycles. The molecular weight excluding hydrogens is 174 g/mol. The van der Waals surface area contributed by atoms with Gasteiger partial charge in [0.25, 0.3) is 0 Å². The van der Waals surface area contributed by atoms with Crippen molar-refractivity contribution in [2.75, 3.05) is 19.8 Å². The fourth-order valence-corrected chi connectivity index (χ4v) is 1.09. The van der Waals surface area contributed by atoms with Gasteiger partial charge in [0.15, 0.2) is 0 Å². The average Bonchev–Trinajstić information content (AvgIpc) is 2.13. The van der Waals surface area contributed by atoms with Gasteiger partial charge in [0.05, 0.1) is 13.2 Å². The molecule has 0 aliphatic rings. The normalized spacial score (nSPS) is 12.4. The van der Waals surface area contributed by atoms with E-state index in [0.717, 1.165) is 31.6 Å². The Balaban J connectivity index is 3.18. The smallest absolute Gasteiger partial charge is 0.0672 e. The molecule has 0 saturated heterocycles. The van der Waals surface area contributed by atoms with Crippen LogP contribution in [-0.4, -0.2) is 25.8 Å². The highest BCUT2D eigenvalue weighted by Gasteiger charge is 1.98. The van der Waals surface area contributed by atoms with Crippen molar-refractivity contribution in [3.05, 3.63) is 24.8 Å². The zero-order valence-corrected chi connectivity index (χ0v) is 9.51. The van der Waals surface area contributed by atoms with Gasteiger partial charge in [0.1, 0.15) is 0 Å². The number of hydrogen-bond donors (Lipinski definition) is 1. The van der Waals surface area contributed by atoms with Crippen LogP contribution in [0.15, 0.2) is 24.8 Å². The van der Waals surface area contributed by atoms with Crippen LogP contribution in [0.3, 0.4) is 0 Å². The van der Waals surface area contributed by atoms with Gasteiger partial charge in [0, 0.05) is 12.6 Å². The molecular formula is C12H23NO. The highest BCUT2D eigenvalue weighted by molar-refractivity contribution is 4.87. The molecule has 0 heterocycles. The summed E-state index contributed by atoms with van der Waals surface area (Å²) < 4.78 is 5.37. The van der Waals surface area contributed by atoms with Gasteiger partial charge < -0.3 is 10.1 Å². The second-order valence-corrected chi connectivity index (χ2v) is 3.73. The lowest BCUT2D eigenvalue weighted by Crippen LogP contribution is -2.29. The Kier molecular flexibility index (Phi) is 8.59. The summed E-state index contributed by atoms with van der Waals surface area (Å²) >= 11 is 0. The molecule has 0 aliphatic carbocycles. The Morgan fingerprint density at radius 3 is 2.86 bits per heavy atom. The van der Waals surface area contributed by atoms with Crippen LogP contribution in [0.25, 0.3) is 0 Å². The first-order valence-electron chi connectivity index (χ1n) is 5.23. The maximum atomic E-state index is 5.37. The second-order valence-electron chi connectivity index (χ2n) is 3.73. The lowest BCUT2D eigenvalue weighted by Gasteiger charge is -2.12. The van der Waals surface area contributed by atoms with Gasteiger partial charge in [-0.2, -0.15) is 0 Å². The minimum Gasteiger partial charge on any atom is -0.376 e. The average molecular weight is 197 g/mol. The first-order chi connectivity index (χ1) is 6.66. The molecule has 82 valence electrons. The molecule has 0 bridgehead atoms. The van der Waals surface area contributed by atoms with E-state index >= 15 is 0 Å². The monoisotopic (exact) mass is 197 g/mol. The molecule has 14 heavy (non-hydrogen) atoms. The van der Waals surface area contributed by atoms with Crippen LogP contribution >= 0.6 is 0 Å². The van der Waals surface area contributed by atoms with Gasteiger partial charge in [-0.3, -0.25) is 0 Å². The third kappa shape index (κ3) is 9.49. The van der Waals surface area contributed by atoms with Crippen LogP contribution in [0.1, 0.15) is 26.7 Å². The summed E-state index contributed by atoms with van der Waals surface area (Å²) in [5.74, 6) is 0. The summed E-state index contributed by atoms with van der Waals surface area (Å²) in [5.41, 5.74) is 1.07. The molecule has 0 amide bonds. The van der Waals surface area contributed by atoms with Crippen LogP contribution in [0, 0.1) is 0 Å². The lowest BCUT2D eigenvalue weighted by atomic mass is 10.2. The highest BCUT2D eigenvalue weighted by Crippen LogP contribution is 1.95. The van der Waals surface area contributed by atoms with Crippen molar-refractivity contribution in [3.8, 4) is 0 Å². The molecule has 0 rings (SSSR count). The van der Waals surface area contributed by atoms with E-state index in [-0.39, 0.29) is 0 Å². The molecule has 2 heteroatoms. The van der Waals surface area contributed by atoms with Crippen molar-refractivity contribution >= 4 is 0 Å². The van der Waals surface area contributed by atoms with E-state index in [0.29, 0.717) is 12.6 Å². The van der Waals surface area contributed by atoms with Crippen molar-refractivity contribution < 1.29 is 4.74 Å². The third-order valence-corrected chi connectivity index (χ3v) is 1.89. The van der Waals surface area contributed by atoms with Gasteiger partial charge in [-0.05, 0) is 26.7 Å². The quantitative estimate of drug-likeness (QED) is 0.453. The molecule has 0 fully saturated rings. The number of ether oxygens (including phenoxy) is 1. The van der Waals surface area contributed by atoms with Crippen LogP contribution in [-0.2, 0) is 4.74 Å². The SMILES string of the molecule is C=CCCC(C)NCCOCC(=C)C. The maximum absolute atomic E-state index is 5.37. The largest absolute Gasteiger partial charge is 0.376 e. The van der Waals surface area contributed by atoms with Crippen molar-refractivity contribution in [3.63, 3.8) is 0 Å². The first kappa shape index (κ1) is 13.4. The second kappa shape index (κ2) is 8.97. The lowest BCUT2D eigenvalue weighted by molar-refractivity contribution is 0.155. The van der Waals surface area contributed by atoms with Crippen LogP contribution in [0.2, 0.25) is 0 Å². The molecule has 0 radical (unpaired) electrons. The molecule has 1 unspecified atom stereocenters. The van der Waals surface area contributed by atoms with E-state index < -0.39 is 0 Å². The molecule has 0 aromatic carbocycles. The van der Waals surface area contributed by atoms with Crippen molar-refractivity contribution in [1.82, 2.24) is 5.32 Å². The van der Waals surface area contributed by atoms with Gasteiger partial charge in [-0.15, -0.1) is 6.58 Å². The Morgan fingerprint density at radius 2 is 2.29 bits per heavy atom. The number of nitrogens with one attached hydrogen (secondary N) is 1. The summed E-state index contributed by atoms with van der Waals surface area (Å²) in [7, 11) is 0. The summed E-state index contributed by atoms with van der Waals surface area (Å²) in [6.07, 6.45) is 4.17. The van der Waals surface area contributed by atoms with Gasteiger partial charge in [0.2, 0.25) is 0 Å². The summed E-state index contributed by atoms with van der Waals surface area (Å²) in [6.45, 7) is 14.0. The van der Waals surface area contributed by atoms with Crippen molar-refractivity contribution in [1.29, 1.82) is 0 Å². The third-order valence-electron chi connectivity index (χ3n) is 1.89. The summed E-state index contributed by atoms with van der Waals surface area (Å²) in [6, 6.07) is 0.543. The van der Waals surface area contributed by atoms with E-state index in [2.05, 4.69) is 25.4 Å². The predicted octanol–water partition coefficient (Wildman–Crippen LogP) is 2.52. The molecule has 0 spiro atoms. The minimum atomic E-state index is 0.543. The van der Waals surface area contributed by atoms with Crippen LogP contribution in [0.4, 0.5) is 0 Å². The number of allylic oxidation sites excluding steroid dienone is 1. The van der Waals surface area contributed by atoms with E-state index in [1.54, 1.807) is 0 Å². The molecule has 0 saturated carbocycles. The fourth-order valence-electron chi connectivity index (χ4n) is 1.09. The van der Waals surface area contributed by atoms with E-state index in [4.69, 9.17) is 4.74 Å². The number of rotatable bonds is 9. The van der Waals surface area contributed by atoms with Gasteiger partial charge in [-0.25, -0.2) is 0 Å².